The average molecular weight is 154 g/mol. The van der Waals surface area contributed by atoms with Crippen molar-refractivity contribution in [2.75, 3.05) is 0 Å². The van der Waals surface area contributed by atoms with Gasteiger partial charge in [-0.05, 0) is 13.0 Å². The molecule has 0 bridgehead atoms. The van der Waals surface area contributed by atoms with Crippen LogP contribution in [0.3, 0.4) is 0 Å². The average Bonchev–Trinajstić information content (AvgIpc) is 1.94. The number of hydrogen-bond donors (Lipinski definition) is 0. The quantitative estimate of drug-likeness (QED) is 0.565. The molecule has 2 unspecified atom stereocenters. The van der Waals surface area contributed by atoms with Crippen molar-refractivity contribution in [2.45, 2.75) is 20.0 Å². The molecule has 0 aromatic carbocycles. The predicted molar refractivity (Wildman–Crippen MR) is 42.0 cm³/mol. The SMILES string of the molecule is CC(=O)C1=CC(C)C(F)C=C1. The fourth-order valence-electron chi connectivity index (χ4n) is 1.04. The second-order valence-corrected chi connectivity index (χ2v) is 2.84. The first-order chi connectivity index (χ1) is 5.11. The van der Waals surface area contributed by atoms with Gasteiger partial charge < -0.3 is 0 Å². The Labute approximate surface area is 65.6 Å². The Balaban J connectivity index is 2.80. The van der Waals surface area contributed by atoms with Gasteiger partial charge in [0.15, 0.2) is 5.78 Å². The van der Waals surface area contributed by atoms with E-state index < -0.39 is 6.17 Å². The molecule has 0 amide bonds. The van der Waals surface area contributed by atoms with E-state index in [1.54, 1.807) is 19.1 Å². The molecule has 1 aliphatic rings. The van der Waals surface area contributed by atoms with Crippen molar-refractivity contribution in [1.82, 2.24) is 0 Å². The minimum absolute atomic E-state index is 0.000000000000000222. The number of carbonyl (C=O) groups is 1. The molecule has 0 radical (unpaired) electrons. The van der Waals surface area contributed by atoms with Gasteiger partial charge >= 0.3 is 0 Å². The zero-order valence-corrected chi connectivity index (χ0v) is 6.67. The van der Waals surface area contributed by atoms with E-state index in [0.29, 0.717) is 5.57 Å². The van der Waals surface area contributed by atoms with Crippen molar-refractivity contribution >= 4 is 5.78 Å². The second kappa shape index (κ2) is 2.99. The molecule has 11 heavy (non-hydrogen) atoms. The lowest BCUT2D eigenvalue weighted by Crippen LogP contribution is -2.13. The minimum Gasteiger partial charge on any atom is -0.295 e. The molecule has 1 aliphatic carbocycles. The molecule has 0 fully saturated rings. The van der Waals surface area contributed by atoms with Gasteiger partial charge in [-0.3, -0.25) is 4.79 Å². The predicted octanol–water partition coefficient (Wildman–Crippen LogP) is 2.05. The van der Waals surface area contributed by atoms with Crippen molar-refractivity contribution in [1.29, 1.82) is 0 Å². The lowest BCUT2D eigenvalue weighted by atomic mass is 9.95. The Morgan fingerprint density at radius 3 is 2.73 bits per heavy atom. The third-order valence-electron chi connectivity index (χ3n) is 1.81. The Morgan fingerprint density at radius 2 is 2.27 bits per heavy atom. The Bertz CT molecular complexity index is 228. The van der Waals surface area contributed by atoms with Gasteiger partial charge in [0.25, 0.3) is 0 Å². The normalized spacial score (nSPS) is 29.9. The minimum atomic E-state index is -0.932. The summed E-state index contributed by atoms with van der Waals surface area (Å²) in [6, 6.07) is 0. The number of alkyl halides is 1. The Hall–Kier alpha value is -0.920. The highest BCUT2D eigenvalue weighted by Crippen LogP contribution is 2.19. The molecular weight excluding hydrogens is 143 g/mol. The molecule has 0 aromatic heterocycles. The van der Waals surface area contributed by atoms with E-state index in [4.69, 9.17) is 0 Å². The smallest absolute Gasteiger partial charge is 0.159 e. The van der Waals surface area contributed by atoms with E-state index in [9.17, 15) is 9.18 Å². The lowest BCUT2D eigenvalue weighted by molar-refractivity contribution is -0.113. The molecule has 0 aliphatic heterocycles. The molecule has 60 valence electrons. The summed E-state index contributed by atoms with van der Waals surface area (Å²) in [6.07, 6.45) is 3.72. The van der Waals surface area contributed by atoms with Crippen LogP contribution in [0.1, 0.15) is 13.8 Å². The monoisotopic (exact) mass is 154 g/mol. The third kappa shape index (κ3) is 1.76. The van der Waals surface area contributed by atoms with Crippen molar-refractivity contribution in [3.63, 3.8) is 0 Å². The maximum absolute atomic E-state index is 12.8. The summed E-state index contributed by atoms with van der Waals surface area (Å²) < 4.78 is 12.8. The van der Waals surface area contributed by atoms with Crippen LogP contribution in [-0.4, -0.2) is 12.0 Å². The largest absolute Gasteiger partial charge is 0.295 e. The molecular formula is C9H11FO. The number of rotatable bonds is 1. The zero-order valence-electron chi connectivity index (χ0n) is 6.67. The summed E-state index contributed by atoms with van der Waals surface area (Å²) in [5.41, 5.74) is 0.617. The van der Waals surface area contributed by atoms with Crippen LogP contribution in [0.5, 0.6) is 0 Å². The molecule has 0 heterocycles. The number of halogens is 1. The summed E-state index contributed by atoms with van der Waals surface area (Å²) in [4.78, 5) is 10.8. The maximum atomic E-state index is 12.8. The summed E-state index contributed by atoms with van der Waals surface area (Å²) >= 11 is 0. The number of allylic oxidation sites excluding steroid dienone is 4. The molecule has 1 rings (SSSR count). The first-order valence-corrected chi connectivity index (χ1v) is 3.66. The fourth-order valence-corrected chi connectivity index (χ4v) is 1.04. The Morgan fingerprint density at radius 1 is 1.64 bits per heavy atom. The van der Waals surface area contributed by atoms with Crippen LogP contribution in [0.4, 0.5) is 4.39 Å². The maximum Gasteiger partial charge on any atom is 0.159 e. The van der Waals surface area contributed by atoms with Crippen LogP contribution in [0.25, 0.3) is 0 Å². The van der Waals surface area contributed by atoms with Crippen molar-refractivity contribution < 1.29 is 9.18 Å². The van der Waals surface area contributed by atoms with E-state index in [-0.39, 0.29) is 11.7 Å². The van der Waals surface area contributed by atoms with Crippen LogP contribution in [0.2, 0.25) is 0 Å². The summed E-state index contributed by atoms with van der Waals surface area (Å²) in [6.45, 7) is 3.25. The van der Waals surface area contributed by atoms with Crippen LogP contribution in [-0.2, 0) is 4.79 Å². The number of carbonyl (C=O) groups excluding carboxylic acids is 1. The molecule has 2 heteroatoms. The van der Waals surface area contributed by atoms with Crippen molar-refractivity contribution in [2.24, 2.45) is 5.92 Å². The van der Waals surface area contributed by atoms with Crippen molar-refractivity contribution in [3.8, 4) is 0 Å². The van der Waals surface area contributed by atoms with E-state index in [0.717, 1.165) is 0 Å². The summed E-state index contributed by atoms with van der Waals surface area (Å²) in [5.74, 6) is -0.168. The van der Waals surface area contributed by atoms with Gasteiger partial charge in [0.2, 0.25) is 0 Å². The first-order valence-electron chi connectivity index (χ1n) is 3.66. The van der Waals surface area contributed by atoms with Gasteiger partial charge in [0, 0.05) is 11.5 Å². The summed E-state index contributed by atoms with van der Waals surface area (Å²) in [7, 11) is 0. The van der Waals surface area contributed by atoms with E-state index in [2.05, 4.69) is 0 Å². The number of hydrogen-bond acceptors (Lipinski definition) is 1. The van der Waals surface area contributed by atoms with Gasteiger partial charge in [-0.2, -0.15) is 0 Å². The van der Waals surface area contributed by atoms with Gasteiger partial charge in [-0.1, -0.05) is 19.1 Å². The van der Waals surface area contributed by atoms with Crippen LogP contribution >= 0.6 is 0 Å². The Kier molecular flexibility index (Phi) is 2.22. The highest BCUT2D eigenvalue weighted by molar-refractivity contribution is 5.96. The lowest BCUT2D eigenvalue weighted by Gasteiger charge is -2.14. The standard InChI is InChI=1S/C9H11FO/c1-6-5-8(7(2)11)3-4-9(6)10/h3-6,9H,1-2H3. The first kappa shape index (κ1) is 8.18. The molecule has 0 spiro atoms. The van der Waals surface area contributed by atoms with Crippen LogP contribution in [0, 0.1) is 5.92 Å². The molecule has 1 nitrogen and oxygen atoms in total. The third-order valence-corrected chi connectivity index (χ3v) is 1.81. The van der Waals surface area contributed by atoms with E-state index >= 15 is 0 Å². The molecule has 0 saturated heterocycles. The topological polar surface area (TPSA) is 17.1 Å². The highest BCUT2D eigenvalue weighted by atomic mass is 19.1. The van der Waals surface area contributed by atoms with Gasteiger partial charge in [0.1, 0.15) is 6.17 Å². The molecule has 0 N–H and O–H groups in total. The van der Waals surface area contributed by atoms with E-state index in [1.807, 2.05) is 0 Å². The van der Waals surface area contributed by atoms with Gasteiger partial charge in [0.05, 0.1) is 0 Å². The van der Waals surface area contributed by atoms with Gasteiger partial charge in [-0.25, -0.2) is 4.39 Å². The zero-order chi connectivity index (χ0) is 8.43. The molecule has 0 aromatic rings. The van der Waals surface area contributed by atoms with Crippen LogP contribution < -0.4 is 0 Å². The fraction of sp³-hybridized carbons (Fsp3) is 0.444. The highest BCUT2D eigenvalue weighted by Gasteiger charge is 2.16. The summed E-state index contributed by atoms with van der Waals surface area (Å²) in [5, 5.41) is 0. The van der Waals surface area contributed by atoms with Crippen molar-refractivity contribution in [3.05, 3.63) is 23.8 Å². The van der Waals surface area contributed by atoms with E-state index in [1.165, 1.54) is 13.0 Å². The van der Waals surface area contributed by atoms with Crippen LogP contribution in [0.15, 0.2) is 23.8 Å². The molecule has 0 saturated carbocycles. The van der Waals surface area contributed by atoms with Gasteiger partial charge in [-0.15, -0.1) is 0 Å². The number of ketones is 1. The molecule has 2 atom stereocenters. The number of Topliss-reactive ketones (excluding diaryl/α,β-unsaturated/α-hetero) is 1. The second-order valence-electron chi connectivity index (χ2n) is 2.84.